The molecule has 1 aromatic heterocycles. The zero-order valence-electron chi connectivity index (χ0n) is 9.09. The largest absolute Gasteiger partial charge is 0.503 e. The maximum Gasteiger partial charge on any atom is 0.223 e. The molecule has 2 rings (SSSR count). The minimum atomic E-state index is -0.384. The van der Waals surface area contributed by atoms with Gasteiger partial charge in [0.2, 0.25) is 5.43 Å². The summed E-state index contributed by atoms with van der Waals surface area (Å²) < 4.78 is 7.30. The van der Waals surface area contributed by atoms with Crippen molar-refractivity contribution in [1.29, 1.82) is 0 Å². The van der Waals surface area contributed by atoms with E-state index >= 15 is 0 Å². The number of ether oxygens (including phenoxy) is 1. The molecule has 1 fully saturated rings. The maximum atomic E-state index is 11.2. The molecule has 1 aromatic rings. The summed E-state index contributed by atoms with van der Waals surface area (Å²) >= 11 is 0. The molecule has 1 aliphatic rings. The monoisotopic (exact) mass is 225 g/mol. The first-order chi connectivity index (χ1) is 7.63. The molecule has 0 saturated carbocycles. The van der Waals surface area contributed by atoms with Crippen LogP contribution in [0.5, 0.6) is 5.75 Å². The fraction of sp³-hybridized carbons (Fsp3) is 0.545. The Labute approximate surface area is 92.9 Å². The van der Waals surface area contributed by atoms with E-state index in [9.17, 15) is 9.90 Å². The number of aliphatic hydroxyl groups excluding tert-OH is 1. The van der Waals surface area contributed by atoms with Crippen LogP contribution in [0.1, 0.15) is 24.8 Å². The van der Waals surface area contributed by atoms with Crippen LogP contribution in [0.25, 0.3) is 0 Å². The lowest BCUT2D eigenvalue weighted by atomic mass is 10.2. The van der Waals surface area contributed by atoms with E-state index in [1.54, 1.807) is 17.7 Å². The van der Waals surface area contributed by atoms with Crippen molar-refractivity contribution in [1.82, 2.24) is 4.57 Å². The topological polar surface area (TPSA) is 71.7 Å². The van der Waals surface area contributed by atoms with Gasteiger partial charge in [0, 0.05) is 12.3 Å². The smallest absolute Gasteiger partial charge is 0.223 e. The van der Waals surface area contributed by atoms with E-state index in [0.717, 1.165) is 12.8 Å². The number of nitrogens with zero attached hydrogens (tertiary/aromatic N) is 1. The molecule has 2 atom stereocenters. The van der Waals surface area contributed by atoms with Gasteiger partial charge in [-0.05, 0) is 19.8 Å². The summed E-state index contributed by atoms with van der Waals surface area (Å²) in [6.07, 6.45) is 2.82. The van der Waals surface area contributed by atoms with E-state index < -0.39 is 0 Å². The molecule has 2 heterocycles. The number of hydrogen-bond acceptors (Lipinski definition) is 4. The van der Waals surface area contributed by atoms with E-state index in [0.29, 0.717) is 5.69 Å². The van der Waals surface area contributed by atoms with Crippen molar-refractivity contribution in [2.45, 2.75) is 32.1 Å². The second-order valence-corrected chi connectivity index (χ2v) is 3.99. The average Bonchev–Trinajstić information content (AvgIpc) is 2.74. The van der Waals surface area contributed by atoms with Gasteiger partial charge in [0.25, 0.3) is 0 Å². The van der Waals surface area contributed by atoms with Gasteiger partial charge in [-0.1, -0.05) is 0 Å². The van der Waals surface area contributed by atoms with Gasteiger partial charge in [-0.2, -0.15) is 0 Å². The molecule has 0 unspecified atom stereocenters. The molecule has 2 N–H and O–H groups in total. The van der Waals surface area contributed by atoms with Crippen molar-refractivity contribution in [2.24, 2.45) is 0 Å². The number of aromatic hydroxyl groups is 1. The Hall–Kier alpha value is -1.33. The fourth-order valence-corrected chi connectivity index (χ4v) is 1.98. The Morgan fingerprint density at radius 3 is 2.94 bits per heavy atom. The van der Waals surface area contributed by atoms with Crippen LogP contribution in [0.15, 0.2) is 17.1 Å². The molecular formula is C11H15NO4. The van der Waals surface area contributed by atoms with E-state index in [1.165, 1.54) is 6.07 Å². The molecule has 5 heteroatoms. The van der Waals surface area contributed by atoms with E-state index in [2.05, 4.69) is 0 Å². The normalized spacial score (nSPS) is 24.9. The SMILES string of the molecule is Cc1c(O)c(=O)ccn1[C@@H]1CC[C@H](CO)O1. The fourth-order valence-electron chi connectivity index (χ4n) is 1.98. The summed E-state index contributed by atoms with van der Waals surface area (Å²) in [5.41, 5.74) is 0.113. The third-order valence-electron chi connectivity index (χ3n) is 2.95. The van der Waals surface area contributed by atoms with E-state index in [1.807, 2.05) is 0 Å². The van der Waals surface area contributed by atoms with Gasteiger partial charge in [-0.25, -0.2) is 0 Å². The summed E-state index contributed by atoms with van der Waals surface area (Å²) in [4.78, 5) is 11.2. The van der Waals surface area contributed by atoms with E-state index in [4.69, 9.17) is 9.84 Å². The number of pyridine rings is 1. The molecule has 5 nitrogen and oxygen atoms in total. The lowest BCUT2D eigenvalue weighted by Crippen LogP contribution is -2.17. The number of aliphatic hydroxyl groups is 1. The number of hydrogen-bond donors (Lipinski definition) is 2. The summed E-state index contributed by atoms with van der Waals surface area (Å²) in [5.74, 6) is -0.237. The van der Waals surface area contributed by atoms with Crippen molar-refractivity contribution in [3.05, 3.63) is 28.2 Å². The average molecular weight is 225 g/mol. The van der Waals surface area contributed by atoms with Gasteiger partial charge in [-0.15, -0.1) is 0 Å². The quantitative estimate of drug-likeness (QED) is 0.770. The van der Waals surface area contributed by atoms with E-state index in [-0.39, 0.29) is 30.1 Å². The van der Waals surface area contributed by atoms with Crippen molar-refractivity contribution in [3.63, 3.8) is 0 Å². The second-order valence-electron chi connectivity index (χ2n) is 3.99. The lowest BCUT2D eigenvalue weighted by Gasteiger charge is -2.19. The van der Waals surface area contributed by atoms with Crippen LogP contribution in [0.2, 0.25) is 0 Å². The van der Waals surface area contributed by atoms with Crippen molar-refractivity contribution in [2.75, 3.05) is 6.61 Å². The van der Waals surface area contributed by atoms with Crippen LogP contribution in [0.4, 0.5) is 0 Å². The van der Waals surface area contributed by atoms with Crippen molar-refractivity contribution in [3.8, 4) is 5.75 Å². The zero-order chi connectivity index (χ0) is 11.7. The van der Waals surface area contributed by atoms with Crippen molar-refractivity contribution < 1.29 is 14.9 Å². The first-order valence-electron chi connectivity index (χ1n) is 5.30. The zero-order valence-corrected chi connectivity index (χ0v) is 9.09. The molecule has 88 valence electrons. The van der Waals surface area contributed by atoms with Gasteiger partial charge in [0.15, 0.2) is 5.75 Å². The third kappa shape index (κ3) is 1.83. The number of rotatable bonds is 2. The van der Waals surface area contributed by atoms with Gasteiger partial charge < -0.3 is 19.5 Å². The maximum absolute atomic E-state index is 11.2. The molecule has 0 amide bonds. The molecular weight excluding hydrogens is 210 g/mol. The Balaban J connectivity index is 2.29. The molecule has 16 heavy (non-hydrogen) atoms. The van der Waals surface area contributed by atoms with Crippen LogP contribution in [0, 0.1) is 6.92 Å². The highest BCUT2D eigenvalue weighted by atomic mass is 16.5. The molecule has 0 radical (unpaired) electrons. The highest BCUT2D eigenvalue weighted by molar-refractivity contribution is 5.25. The molecule has 0 aromatic carbocycles. The van der Waals surface area contributed by atoms with Gasteiger partial charge in [0.1, 0.15) is 6.23 Å². The van der Waals surface area contributed by atoms with Crippen molar-refractivity contribution >= 4 is 0 Å². The molecule has 0 bridgehead atoms. The standard InChI is InChI=1S/C11H15NO4/c1-7-11(15)9(14)4-5-12(7)10-3-2-8(6-13)16-10/h4-5,8,10,13,15H,2-3,6H2,1H3/t8-,10+/m1/s1. The van der Waals surface area contributed by atoms with Crippen LogP contribution >= 0.6 is 0 Å². The first kappa shape index (κ1) is 11.2. The summed E-state index contributed by atoms with van der Waals surface area (Å²) in [5, 5.41) is 18.5. The predicted octanol–water partition coefficient (Wildman–Crippen LogP) is 0.532. The third-order valence-corrected chi connectivity index (χ3v) is 2.95. The van der Waals surface area contributed by atoms with Crippen LogP contribution in [0.3, 0.4) is 0 Å². The Bertz CT molecular complexity index is 440. The highest BCUT2D eigenvalue weighted by Crippen LogP contribution is 2.29. The molecule has 1 saturated heterocycles. The Kier molecular flexibility index (Phi) is 2.98. The second kappa shape index (κ2) is 4.27. The minimum Gasteiger partial charge on any atom is -0.503 e. The summed E-state index contributed by atoms with van der Waals surface area (Å²) in [6, 6.07) is 1.32. The lowest BCUT2D eigenvalue weighted by molar-refractivity contribution is -0.0237. The van der Waals surface area contributed by atoms with Crippen LogP contribution in [-0.4, -0.2) is 27.5 Å². The minimum absolute atomic E-state index is 0.00172. The van der Waals surface area contributed by atoms with Crippen LogP contribution in [-0.2, 0) is 4.74 Å². The molecule has 0 spiro atoms. The number of aromatic nitrogens is 1. The summed E-state index contributed by atoms with van der Waals surface area (Å²) in [6.45, 7) is 1.67. The first-order valence-corrected chi connectivity index (χ1v) is 5.30. The molecule has 1 aliphatic heterocycles. The van der Waals surface area contributed by atoms with Gasteiger partial charge in [-0.3, -0.25) is 4.79 Å². The highest BCUT2D eigenvalue weighted by Gasteiger charge is 2.26. The molecule has 0 aliphatic carbocycles. The predicted molar refractivity (Wildman–Crippen MR) is 57.3 cm³/mol. The summed E-state index contributed by atoms with van der Waals surface area (Å²) in [7, 11) is 0. The Morgan fingerprint density at radius 1 is 1.56 bits per heavy atom. The van der Waals surface area contributed by atoms with Crippen LogP contribution < -0.4 is 5.43 Å². The van der Waals surface area contributed by atoms with Gasteiger partial charge >= 0.3 is 0 Å². The van der Waals surface area contributed by atoms with Gasteiger partial charge in [0.05, 0.1) is 18.4 Å². The Morgan fingerprint density at radius 2 is 2.31 bits per heavy atom.